The zero-order chi connectivity index (χ0) is 13.7. The molecular formula is C14H24N4O. The number of hydrogen-bond acceptors (Lipinski definition) is 5. The van der Waals surface area contributed by atoms with Crippen molar-refractivity contribution in [2.24, 2.45) is 0 Å². The molecule has 1 saturated carbocycles. The number of nitrogens with one attached hydrogen (secondary N) is 2. The van der Waals surface area contributed by atoms with Gasteiger partial charge in [0.25, 0.3) is 0 Å². The zero-order valence-corrected chi connectivity index (χ0v) is 11.8. The Kier molecular flexibility index (Phi) is 4.96. The molecule has 2 rings (SSSR count). The van der Waals surface area contributed by atoms with Crippen LogP contribution in [-0.2, 0) is 0 Å². The molecule has 106 valence electrons. The SMILES string of the molecule is CCCNc1nc(C)cc(NC2CCC(O)CC2)n1. The van der Waals surface area contributed by atoms with E-state index in [-0.39, 0.29) is 6.10 Å². The Morgan fingerprint density at radius 1 is 1.26 bits per heavy atom. The number of hydrogen-bond donors (Lipinski definition) is 3. The fourth-order valence-electron chi connectivity index (χ4n) is 2.39. The van der Waals surface area contributed by atoms with Gasteiger partial charge in [0.05, 0.1) is 6.10 Å². The van der Waals surface area contributed by atoms with E-state index in [0.717, 1.165) is 50.2 Å². The number of anilines is 2. The van der Waals surface area contributed by atoms with Crippen molar-refractivity contribution in [3.63, 3.8) is 0 Å². The van der Waals surface area contributed by atoms with Crippen molar-refractivity contribution < 1.29 is 5.11 Å². The highest BCUT2D eigenvalue weighted by atomic mass is 16.3. The van der Waals surface area contributed by atoms with Crippen LogP contribution >= 0.6 is 0 Å². The van der Waals surface area contributed by atoms with E-state index < -0.39 is 0 Å². The number of aromatic nitrogens is 2. The summed E-state index contributed by atoms with van der Waals surface area (Å²) in [4.78, 5) is 8.86. The third-order valence-corrected chi connectivity index (χ3v) is 3.44. The zero-order valence-electron chi connectivity index (χ0n) is 11.8. The lowest BCUT2D eigenvalue weighted by Gasteiger charge is -2.26. The summed E-state index contributed by atoms with van der Waals surface area (Å²) in [5.74, 6) is 1.58. The molecule has 0 unspecified atom stereocenters. The molecular weight excluding hydrogens is 240 g/mol. The van der Waals surface area contributed by atoms with Gasteiger partial charge in [0, 0.05) is 24.3 Å². The first-order valence-corrected chi connectivity index (χ1v) is 7.21. The van der Waals surface area contributed by atoms with Gasteiger partial charge in [-0.1, -0.05) is 6.92 Å². The third kappa shape index (κ3) is 4.35. The predicted molar refractivity (Wildman–Crippen MR) is 77.4 cm³/mol. The molecule has 0 atom stereocenters. The van der Waals surface area contributed by atoms with Gasteiger partial charge in [-0.05, 0) is 39.0 Å². The molecule has 1 fully saturated rings. The Morgan fingerprint density at radius 2 is 2.00 bits per heavy atom. The lowest BCUT2D eigenvalue weighted by molar-refractivity contribution is 0.126. The minimum absolute atomic E-state index is 0.119. The van der Waals surface area contributed by atoms with Crippen LogP contribution in [0.15, 0.2) is 6.07 Å². The molecule has 5 heteroatoms. The van der Waals surface area contributed by atoms with Crippen molar-refractivity contribution in [1.82, 2.24) is 9.97 Å². The second kappa shape index (κ2) is 6.70. The lowest BCUT2D eigenvalue weighted by Crippen LogP contribution is -2.28. The Hall–Kier alpha value is -1.36. The van der Waals surface area contributed by atoms with Gasteiger partial charge in [-0.3, -0.25) is 0 Å². The van der Waals surface area contributed by atoms with Gasteiger partial charge in [0.2, 0.25) is 5.95 Å². The van der Waals surface area contributed by atoms with Crippen LogP contribution in [0.2, 0.25) is 0 Å². The molecule has 1 aromatic rings. The summed E-state index contributed by atoms with van der Waals surface area (Å²) in [7, 11) is 0. The van der Waals surface area contributed by atoms with Crippen molar-refractivity contribution in [3.05, 3.63) is 11.8 Å². The summed E-state index contributed by atoms with van der Waals surface area (Å²) in [6.07, 6.45) is 4.70. The van der Waals surface area contributed by atoms with E-state index in [1.165, 1.54) is 0 Å². The monoisotopic (exact) mass is 264 g/mol. The number of nitrogens with zero attached hydrogens (tertiary/aromatic N) is 2. The molecule has 3 N–H and O–H groups in total. The van der Waals surface area contributed by atoms with Gasteiger partial charge >= 0.3 is 0 Å². The van der Waals surface area contributed by atoms with Crippen molar-refractivity contribution in [2.45, 2.75) is 58.1 Å². The Morgan fingerprint density at radius 3 is 2.68 bits per heavy atom. The first-order valence-electron chi connectivity index (χ1n) is 7.21. The molecule has 0 aliphatic heterocycles. The summed E-state index contributed by atoms with van der Waals surface area (Å²) in [5.41, 5.74) is 0.965. The van der Waals surface area contributed by atoms with E-state index in [4.69, 9.17) is 0 Å². The largest absolute Gasteiger partial charge is 0.393 e. The van der Waals surface area contributed by atoms with Gasteiger partial charge < -0.3 is 15.7 Å². The van der Waals surface area contributed by atoms with Crippen LogP contribution in [-0.4, -0.2) is 33.8 Å². The third-order valence-electron chi connectivity index (χ3n) is 3.44. The molecule has 1 aromatic heterocycles. The molecule has 0 aromatic carbocycles. The van der Waals surface area contributed by atoms with Crippen molar-refractivity contribution in [3.8, 4) is 0 Å². The van der Waals surface area contributed by atoms with Gasteiger partial charge in [-0.2, -0.15) is 4.98 Å². The van der Waals surface area contributed by atoms with E-state index >= 15 is 0 Å². The maximum Gasteiger partial charge on any atom is 0.224 e. The summed E-state index contributed by atoms with van der Waals surface area (Å²) < 4.78 is 0. The Bertz CT molecular complexity index is 402. The van der Waals surface area contributed by atoms with Crippen LogP contribution in [0.1, 0.15) is 44.7 Å². The molecule has 1 aliphatic rings. The van der Waals surface area contributed by atoms with Gasteiger partial charge in [0.1, 0.15) is 5.82 Å². The maximum atomic E-state index is 9.51. The van der Waals surface area contributed by atoms with Crippen LogP contribution in [0.3, 0.4) is 0 Å². The molecule has 0 bridgehead atoms. The fourth-order valence-corrected chi connectivity index (χ4v) is 2.39. The van der Waals surface area contributed by atoms with E-state index in [1.807, 2.05) is 13.0 Å². The standard InChI is InChI=1S/C14H24N4O/c1-3-8-15-14-16-10(2)9-13(18-14)17-11-4-6-12(19)7-5-11/h9,11-12,19H,3-8H2,1-2H3,(H2,15,16,17,18). The predicted octanol–water partition coefficient (Wildman–Crippen LogP) is 2.32. The lowest BCUT2D eigenvalue weighted by atomic mass is 9.93. The summed E-state index contributed by atoms with van der Waals surface area (Å²) in [6.45, 7) is 4.99. The van der Waals surface area contributed by atoms with Crippen LogP contribution < -0.4 is 10.6 Å². The van der Waals surface area contributed by atoms with Crippen molar-refractivity contribution in [1.29, 1.82) is 0 Å². The molecule has 0 spiro atoms. The molecule has 0 amide bonds. The highest BCUT2D eigenvalue weighted by molar-refractivity contribution is 5.42. The van der Waals surface area contributed by atoms with Gasteiger partial charge in [0.15, 0.2) is 0 Å². The number of aliphatic hydroxyl groups excluding tert-OH is 1. The highest BCUT2D eigenvalue weighted by Gasteiger charge is 2.19. The molecule has 1 heterocycles. The van der Waals surface area contributed by atoms with Gasteiger partial charge in [-0.25, -0.2) is 4.98 Å². The first-order chi connectivity index (χ1) is 9.17. The number of aliphatic hydroxyl groups is 1. The minimum atomic E-state index is -0.119. The second-order valence-electron chi connectivity index (χ2n) is 5.29. The number of aryl methyl sites for hydroxylation is 1. The van der Waals surface area contributed by atoms with Crippen LogP contribution in [0.25, 0.3) is 0 Å². The Labute approximate surface area is 114 Å². The van der Waals surface area contributed by atoms with E-state index in [9.17, 15) is 5.11 Å². The van der Waals surface area contributed by atoms with E-state index in [1.54, 1.807) is 0 Å². The maximum absolute atomic E-state index is 9.51. The van der Waals surface area contributed by atoms with Crippen LogP contribution in [0.5, 0.6) is 0 Å². The summed E-state index contributed by atoms with van der Waals surface area (Å²) in [6, 6.07) is 2.39. The molecule has 0 radical (unpaired) electrons. The van der Waals surface area contributed by atoms with E-state index in [2.05, 4.69) is 27.5 Å². The van der Waals surface area contributed by atoms with Crippen molar-refractivity contribution in [2.75, 3.05) is 17.2 Å². The average Bonchev–Trinajstić information content (AvgIpc) is 2.38. The number of rotatable bonds is 5. The quantitative estimate of drug-likeness (QED) is 0.761. The van der Waals surface area contributed by atoms with Gasteiger partial charge in [-0.15, -0.1) is 0 Å². The molecule has 5 nitrogen and oxygen atoms in total. The summed E-state index contributed by atoms with van der Waals surface area (Å²) >= 11 is 0. The smallest absolute Gasteiger partial charge is 0.224 e. The normalized spacial score (nSPS) is 23.1. The first kappa shape index (κ1) is 14.1. The molecule has 19 heavy (non-hydrogen) atoms. The average molecular weight is 264 g/mol. The minimum Gasteiger partial charge on any atom is -0.393 e. The van der Waals surface area contributed by atoms with Crippen molar-refractivity contribution >= 4 is 11.8 Å². The second-order valence-corrected chi connectivity index (χ2v) is 5.29. The summed E-state index contributed by atoms with van der Waals surface area (Å²) in [5, 5.41) is 16.2. The van der Waals surface area contributed by atoms with Crippen LogP contribution in [0, 0.1) is 6.92 Å². The fraction of sp³-hybridized carbons (Fsp3) is 0.714. The molecule has 1 aliphatic carbocycles. The van der Waals surface area contributed by atoms with Crippen LogP contribution in [0.4, 0.5) is 11.8 Å². The Balaban J connectivity index is 1.97. The van der Waals surface area contributed by atoms with E-state index in [0.29, 0.717) is 12.0 Å². The topological polar surface area (TPSA) is 70.1 Å². The highest BCUT2D eigenvalue weighted by Crippen LogP contribution is 2.22. The molecule has 0 saturated heterocycles.